The lowest BCUT2D eigenvalue weighted by Gasteiger charge is -2.11. The van der Waals surface area contributed by atoms with E-state index >= 15 is 0 Å². The summed E-state index contributed by atoms with van der Waals surface area (Å²) in [6, 6.07) is 14.5. The van der Waals surface area contributed by atoms with Crippen LogP contribution >= 0.6 is 23.2 Å². The molecule has 1 fully saturated rings. The van der Waals surface area contributed by atoms with E-state index in [0.717, 1.165) is 12.0 Å². The van der Waals surface area contributed by atoms with Crippen molar-refractivity contribution in [1.82, 2.24) is 15.1 Å². The van der Waals surface area contributed by atoms with Crippen molar-refractivity contribution in [2.75, 3.05) is 20.3 Å². The summed E-state index contributed by atoms with van der Waals surface area (Å²) in [5.74, 6) is 0.0435. The summed E-state index contributed by atoms with van der Waals surface area (Å²) in [5.41, 5.74) is 2.23. The molecule has 1 aromatic heterocycles. The van der Waals surface area contributed by atoms with E-state index in [4.69, 9.17) is 32.7 Å². The Morgan fingerprint density at radius 3 is 2.62 bits per heavy atom. The van der Waals surface area contributed by atoms with Gasteiger partial charge in [0.1, 0.15) is 5.69 Å². The maximum atomic E-state index is 13.0. The quantitative estimate of drug-likeness (QED) is 0.650. The van der Waals surface area contributed by atoms with E-state index < -0.39 is 0 Å². The lowest BCUT2D eigenvalue weighted by molar-refractivity contribution is 0.0921. The van der Waals surface area contributed by atoms with Crippen LogP contribution in [0.3, 0.4) is 0 Å². The van der Waals surface area contributed by atoms with Crippen molar-refractivity contribution in [3.8, 4) is 22.7 Å². The van der Waals surface area contributed by atoms with E-state index in [1.54, 1.807) is 22.9 Å². The van der Waals surface area contributed by atoms with Crippen molar-refractivity contribution >= 4 is 29.1 Å². The van der Waals surface area contributed by atoms with Crippen molar-refractivity contribution in [3.63, 3.8) is 0 Å². The standard InChI is InChI=1S/C21H19Cl2N3O3/c1-28-20-18(21(27)24-15-10-11-29-12-15)25-26(17-5-3-2-4-16(17)23)19(20)13-6-8-14(22)9-7-13/h2-9,15H,10-12H2,1H3,(H,24,27). The average molecular weight is 432 g/mol. The van der Waals surface area contributed by atoms with E-state index in [9.17, 15) is 4.79 Å². The minimum Gasteiger partial charge on any atom is -0.492 e. The average Bonchev–Trinajstić information content (AvgIpc) is 3.36. The number of hydrogen-bond acceptors (Lipinski definition) is 4. The first kappa shape index (κ1) is 19.8. The van der Waals surface area contributed by atoms with Gasteiger partial charge in [0.05, 0.1) is 30.5 Å². The molecule has 8 heteroatoms. The Kier molecular flexibility index (Phi) is 5.76. The maximum Gasteiger partial charge on any atom is 0.276 e. The van der Waals surface area contributed by atoms with E-state index in [2.05, 4.69) is 10.4 Å². The highest BCUT2D eigenvalue weighted by Gasteiger charge is 2.28. The van der Waals surface area contributed by atoms with E-state index in [0.29, 0.717) is 40.4 Å². The number of hydrogen-bond donors (Lipinski definition) is 1. The number of methoxy groups -OCH3 is 1. The predicted molar refractivity (Wildman–Crippen MR) is 112 cm³/mol. The van der Waals surface area contributed by atoms with Crippen LogP contribution in [-0.4, -0.2) is 42.1 Å². The minimum absolute atomic E-state index is 0.0448. The summed E-state index contributed by atoms with van der Waals surface area (Å²) in [6.45, 7) is 1.12. The van der Waals surface area contributed by atoms with Crippen LogP contribution in [-0.2, 0) is 4.74 Å². The largest absolute Gasteiger partial charge is 0.492 e. The van der Waals surface area contributed by atoms with Gasteiger partial charge in [-0.1, -0.05) is 47.5 Å². The molecule has 3 aromatic rings. The highest BCUT2D eigenvalue weighted by atomic mass is 35.5. The predicted octanol–water partition coefficient (Wildman–Crippen LogP) is 4.37. The fraction of sp³-hybridized carbons (Fsp3) is 0.238. The fourth-order valence-corrected chi connectivity index (χ4v) is 3.65. The normalized spacial score (nSPS) is 16.0. The second-order valence-electron chi connectivity index (χ2n) is 6.63. The third-order valence-electron chi connectivity index (χ3n) is 4.72. The molecule has 29 heavy (non-hydrogen) atoms. The second kappa shape index (κ2) is 8.45. The Bertz CT molecular complexity index is 1030. The molecule has 1 atom stereocenters. The lowest BCUT2D eigenvalue weighted by Crippen LogP contribution is -2.35. The molecule has 1 saturated heterocycles. The number of aromatic nitrogens is 2. The number of nitrogens with zero attached hydrogens (tertiary/aromatic N) is 2. The van der Waals surface area contributed by atoms with Gasteiger partial charge < -0.3 is 14.8 Å². The van der Waals surface area contributed by atoms with Crippen molar-refractivity contribution in [2.24, 2.45) is 0 Å². The number of benzene rings is 2. The minimum atomic E-state index is -0.321. The van der Waals surface area contributed by atoms with Crippen LogP contribution in [0.2, 0.25) is 10.0 Å². The zero-order chi connectivity index (χ0) is 20.4. The van der Waals surface area contributed by atoms with Gasteiger partial charge in [-0.15, -0.1) is 0 Å². The molecule has 1 aliphatic heterocycles. The lowest BCUT2D eigenvalue weighted by atomic mass is 10.1. The number of rotatable bonds is 5. The molecule has 2 aromatic carbocycles. The molecule has 0 aliphatic carbocycles. The van der Waals surface area contributed by atoms with E-state index in [1.807, 2.05) is 30.3 Å². The molecule has 0 saturated carbocycles. The molecule has 1 unspecified atom stereocenters. The van der Waals surface area contributed by atoms with Crippen LogP contribution in [0.15, 0.2) is 48.5 Å². The molecule has 0 spiro atoms. The molecule has 0 bridgehead atoms. The van der Waals surface area contributed by atoms with Crippen molar-refractivity contribution in [1.29, 1.82) is 0 Å². The van der Waals surface area contributed by atoms with Gasteiger partial charge in [0.2, 0.25) is 0 Å². The highest BCUT2D eigenvalue weighted by Crippen LogP contribution is 2.37. The molecular formula is C21H19Cl2N3O3. The van der Waals surface area contributed by atoms with Gasteiger partial charge in [-0.3, -0.25) is 4.79 Å². The van der Waals surface area contributed by atoms with Crippen molar-refractivity contribution < 1.29 is 14.3 Å². The van der Waals surface area contributed by atoms with Crippen LogP contribution in [0.4, 0.5) is 0 Å². The first-order chi connectivity index (χ1) is 14.1. The highest BCUT2D eigenvalue weighted by molar-refractivity contribution is 6.32. The van der Waals surface area contributed by atoms with Crippen LogP contribution in [0.5, 0.6) is 5.75 Å². The van der Waals surface area contributed by atoms with Crippen LogP contribution in [0, 0.1) is 0 Å². The van der Waals surface area contributed by atoms with Crippen molar-refractivity contribution in [2.45, 2.75) is 12.5 Å². The second-order valence-corrected chi connectivity index (χ2v) is 7.48. The smallest absolute Gasteiger partial charge is 0.276 e. The third kappa shape index (κ3) is 3.96. The zero-order valence-corrected chi connectivity index (χ0v) is 17.2. The molecule has 150 valence electrons. The number of carbonyl (C=O) groups is 1. The van der Waals surface area contributed by atoms with E-state index in [-0.39, 0.29) is 17.6 Å². The summed E-state index contributed by atoms with van der Waals surface area (Å²) < 4.78 is 12.6. The number of nitrogens with one attached hydrogen (secondary N) is 1. The first-order valence-electron chi connectivity index (χ1n) is 9.15. The topological polar surface area (TPSA) is 65.4 Å². The summed E-state index contributed by atoms with van der Waals surface area (Å²) in [7, 11) is 1.52. The van der Waals surface area contributed by atoms with Crippen molar-refractivity contribution in [3.05, 3.63) is 64.3 Å². The van der Waals surface area contributed by atoms with Gasteiger partial charge in [-0.25, -0.2) is 4.68 Å². The molecule has 1 N–H and O–H groups in total. The molecular weight excluding hydrogens is 413 g/mol. The number of para-hydroxylation sites is 1. The van der Waals surface area contributed by atoms with Crippen LogP contribution in [0.1, 0.15) is 16.9 Å². The molecule has 1 amide bonds. The first-order valence-corrected chi connectivity index (χ1v) is 9.90. The van der Waals surface area contributed by atoms with Gasteiger partial charge >= 0.3 is 0 Å². The number of halogens is 2. The Hall–Kier alpha value is -2.54. The number of carbonyl (C=O) groups excluding carboxylic acids is 1. The Labute approximate surface area is 178 Å². The number of ether oxygens (including phenoxy) is 2. The maximum absolute atomic E-state index is 13.0. The summed E-state index contributed by atoms with van der Waals surface area (Å²) in [6.07, 6.45) is 0.767. The van der Waals surface area contributed by atoms with Gasteiger partial charge in [0.15, 0.2) is 11.4 Å². The van der Waals surface area contributed by atoms with Gasteiger partial charge in [-0.05, 0) is 30.7 Å². The summed E-state index contributed by atoms with van der Waals surface area (Å²) in [4.78, 5) is 13.0. The molecule has 4 rings (SSSR count). The van der Waals surface area contributed by atoms with Gasteiger partial charge in [0, 0.05) is 17.2 Å². The Balaban J connectivity index is 1.86. The Morgan fingerprint density at radius 1 is 1.21 bits per heavy atom. The fourth-order valence-electron chi connectivity index (χ4n) is 3.31. The van der Waals surface area contributed by atoms with Gasteiger partial charge in [-0.2, -0.15) is 5.10 Å². The SMILES string of the molecule is COc1c(C(=O)NC2CCOC2)nn(-c2ccccc2Cl)c1-c1ccc(Cl)cc1. The third-order valence-corrected chi connectivity index (χ3v) is 5.30. The number of amides is 1. The molecule has 2 heterocycles. The monoisotopic (exact) mass is 431 g/mol. The van der Waals surface area contributed by atoms with Crippen LogP contribution < -0.4 is 10.1 Å². The molecule has 0 radical (unpaired) electrons. The summed E-state index contributed by atoms with van der Waals surface area (Å²) >= 11 is 12.5. The van der Waals surface area contributed by atoms with E-state index in [1.165, 1.54) is 7.11 Å². The molecule has 1 aliphatic rings. The zero-order valence-electron chi connectivity index (χ0n) is 15.7. The van der Waals surface area contributed by atoms with Gasteiger partial charge in [0.25, 0.3) is 5.91 Å². The summed E-state index contributed by atoms with van der Waals surface area (Å²) in [5, 5.41) is 8.65. The Morgan fingerprint density at radius 2 is 1.97 bits per heavy atom. The van der Waals surface area contributed by atoms with Crippen LogP contribution in [0.25, 0.3) is 16.9 Å². The molecule has 6 nitrogen and oxygen atoms in total.